The lowest BCUT2D eigenvalue weighted by atomic mass is 10.0. The minimum absolute atomic E-state index is 0.463. The molecule has 0 amide bonds. The Morgan fingerprint density at radius 1 is 1.17 bits per heavy atom. The SMILES string of the molecule is Cc1ccccc1C(O)CNc1cccc(Cl)c1. The first-order chi connectivity index (χ1) is 8.66. The third kappa shape index (κ3) is 3.25. The van der Waals surface area contributed by atoms with Crippen molar-refractivity contribution >= 4 is 17.3 Å². The van der Waals surface area contributed by atoms with Gasteiger partial charge in [-0.25, -0.2) is 0 Å². The molecule has 1 atom stereocenters. The van der Waals surface area contributed by atoms with Crippen molar-refractivity contribution in [1.82, 2.24) is 0 Å². The van der Waals surface area contributed by atoms with E-state index in [2.05, 4.69) is 5.32 Å². The third-order valence-corrected chi connectivity index (χ3v) is 3.11. The first kappa shape index (κ1) is 12.9. The number of rotatable bonds is 4. The molecule has 2 nitrogen and oxygen atoms in total. The minimum atomic E-state index is -0.523. The van der Waals surface area contributed by atoms with Crippen molar-refractivity contribution in [2.24, 2.45) is 0 Å². The summed E-state index contributed by atoms with van der Waals surface area (Å²) in [4.78, 5) is 0. The van der Waals surface area contributed by atoms with Crippen LogP contribution in [-0.4, -0.2) is 11.7 Å². The molecule has 0 spiro atoms. The van der Waals surface area contributed by atoms with Gasteiger partial charge in [0.1, 0.15) is 0 Å². The van der Waals surface area contributed by atoms with Crippen molar-refractivity contribution in [3.63, 3.8) is 0 Å². The summed E-state index contributed by atoms with van der Waals surface area (Å²) in [5, 5.41) is 14.0. The fraction of sp³-hybridized carbons (Fsp3) is 0.200. The molecular weight excluding hydrogens is 246 g/mol. The largest absolute Gasteiger partial charge is 0.387 e. The van der Waals surface area contributed by atoms with Crippen LogP contribution in [0.2, 0.25) is 5.02 Å². The van der Waals surface area contributed by atoms with E-state index < -0.39 is 6.10 Å². The minimum Gasteiger partial charge on any atom is -0.387 e. The van der Waals surface area contributed by atoms with Gasteiger partial charge in [0, 0.05) is 17.3 Å². The van der Waals surface area contributed by atoms with Gasteiger partial charge in [-0.1, -0.05) is 41.9 Å². The summed E-state index contributed by atoms with van der Waals surface area (Å²) in [6.45, 7) is 2.46. The number of aliphatic hydroxyl groups excluding tert-OH is 1. The van der Waals surface area contributed by atoms with E-state index in [1.807, 2.05) is 55.5 Å². The molecule has 3 heteroatoms. The second-order valence-corrected chi connectivity index (χ2v) is 4.70. The molecule has 0 aromatic heterocycles. The van der Waals surface area contributed by atoms with E-state index in [1.165, 1.54) is 0 Å². The van der Waals surface area contributed by atoms with Crippen molar-refractivity contribution in [2.45, 2.75) is 13.0 Å². The molecule has 2 aromatic carbocycles. The number of nitrogens with one attached hydrogen (secondary N) is 1. The van der Waals surface area contributed by atoms with E-state index in [9.17, 15) is 5.11 Å². The summed E-state index contributed by atoms with van der Waals surface area (Å²) < 4.78 is 0. The molecular formula is C15H16ClNO. The molecule has 0 aliphatic rings. The van der Waals surface area contributed by atoms with Crippen molar-refractivity contribution in [3.05, 3.63) is 64.7 Å². The van der Waals surface area contributed by atoms with Crippen LogP contribution in [0.15, 0.2) is 48.5 Å². The number of aryl methyl sites for hydroxylation is 1. The smallest absolute Gasteiger partial charge is 0.0964 e. The Hall–Kier alpha value is -1.51. The van der Waals surface area contributed by atoms with E-state index in [4.69, 9.17) is 11.6 Å². The van der Waals surface area contributed by atoms with E-state index in [-0.39, 0.29) is 0 Å². The molecule has 94 valence electrons. The summed E-state index contributed by atoms with van der Waals surface area (Å²) in [7, 11) is 0. The summed E-state index contributed by atoms with van der Waals surface area (Å²) in [6.07, 6.45) is -0.523. The van der Waals surface area contributed by atoms with Gasteiger partial charge in [-0.15, -0.1) is 0 Å². The fourth-order valence-corrected chi connectivity index (χ4v) is 2.07. The molecule has 0 bridgehead atoms. The van der Waals surface area contributed by atoms with Gasteiger partial charge >= 0.3 is 0 Å². The van der Waals surface area contributed by atoms with Gasteiger partial charge in [-0.3, -0.25) is 0 Å². The first-order valence-corrected chi connectivity index (χ1v) is 6.27. The number of halogens is 1. The maximum Gasteiger partial charge on any atom is 0.0964 e. The van der Waals surface area contributed by atoms with Crippen LogP contribution in [-0.2, 0) is 0 Å². The van der Waals surface area contributed by atoms with Gasteiger partial charge in [0.05, 0.1) is 6.10 Å². The van der Waals surface area contributed by atoms with Crippen LogP contribution in [0.5, 0.6) is 0 Å². The topological polar surface area (TPSA) is 32.3 Å². The summed E-state index contributed by atoms with van der Waals surface area (Å²) in [5.74, 6) is 0. The average Bonchev–Trinajstić information content (AvgIpc) is 2.37. The van der Waals surface area contributed by atoms with E-state index in [0.717, 1.165) is 16.8 Å². The predicted octanol–water partition coefficient (Wildman–Crippen LogP) is 3.79. The molecule has 1 unspecified atom stereocenters. The zero-order chi connectivity index (χ0) is 13.0. The molecule has 0 radical (unpaired) electrons. The lowest BCUT2D eigenvalue weighted by Crippen LogP contribution is -2.13. The Labute approximate surface area is 112 Å². The Bertz CT molecular complexity index is 527. The van der Waals surface area contributed by atoms with Crippen LogP contribution in [0.1, 0.15) is 17.2 Å². The lowest BCUT2D eigenvalue weighted by molar-refractivity contribution is 0.191. The van der Waals surface area contributed by atoms with Crippen molar-refractivity contribution < 1.29 is 5.11 Å². The molecule has 0 fully saturated rings. The molecule has 0 aliphatic carbocycles. The molecule has 0 aliphatic heterocycles. The second-order valence-electron chi connectivity index (χ2n) is 4.26. The monoisotopic (exact) mass is 261 g/mol. The van der Waals surface area contributed by atoms with Gasteiger partial charge < -0.3 is 10.4 Å². The standard InChI is InChI=1S/C15H16ClNO/c1-11-5-2-3-8-14(11)15(18)10-17-13-7-4-6-12(16)9-13/h2-9,15,17-18H,10H2,1H3. The normalized spacial score (nSPS) is 12.2. The molecule has 18 heavy (non-hydrogen) atoms. The number of anilines is 1. The number of aliphatic hydroxyl groups is 1. The van der Waals surface area contributed by atoms with E-state index in [0.29, 0.717) is 11.6 Å². The van der Waals surface area contributed by atoms with Crippen LogP contribution in [0.4, 0.5) is 5.69 Å². The zero-order valence-electron chi connectivity index (χ0n) is 10.2. The Balaban J connectivity index is 2.00. The fourth-order valence-electron chi connectivity index (χ4n) is 1.88. The van der Waals surface area contributed by atoms with Crippen LogP contribution in [0.3, 0.4) is 0 Å². The highest BCUT2D eigenvalue weighted by Crippen LogP contribution is 2.19. The number of hydrogen-bond acceptors (Lipinski definition) is 2. The van der Waals surface area contributed by atoms with Crippen LogP contribution >= 0.6 is 11.6 Å². The maximum atomic E-state index is 10.1. The van der Waals surface area contributed by atoms with Crippen LogP contribution in [0.25, 0.3) is 0 Å². The van der Waals surface area contributed by atoms with Gasteiger partial charge in [0.2, 0.25) is 0 Å². The van der Waals surface area contributed by atoms with Gasteiger partial charge in [-0.05, 0) is 36.2 Å². The Kier molecular flexibility index (Phi) is 4.24. The van der Waals surface area contributed by atoms with Gasteiger partial charge in [-0.2, -0.15) is 0 Å². The highest BCUT2D eigenvalue weighted by Gasteiger charge is 2.09. The summed E-state index contributed by atoms with van der Waals surface area (Å²) in [6, 6.07) is 15.3. The molecule has 0 saturated carbocycles. The van der Waals surface area contributed by atoms with E-state index in [1.54, 1.807) is 0 Å². The molecule has 2 N–H and O–H groups in total. The third-order valence-electron chi connectivity index (χ3n) is 2.87. The molecule has 2 rings (SSSR count). The highest BCUT2D eigenvalue weighted by atomic mass is 35.5. The average molecular weight is 262 g/mol. The predicted molar refractivity (Wildman–Crippen MR) is 76.1 cm³/mol. The first-order valence-electron chi connectivity index (χ1n) is 5.90. The van der Waals surface area contributed by atoms with Crippen LogP contribution in [0, 0.1) is 6.92 Å². The van der Waals surface area contributed by atoms with Crippen molar-refractivity contribution in [2.75, 3.05) is 11.9 Å². The molecule has 2 aromatic rings. The lowest BCUT2D eigenvalue weighted by Gasteiger charge is -2.15. The van der Waals surface area contributed by atoms with Crippen molar-refractivity contribution in [1.29, 1.82) is 0 Å². The molecule has 0 saturated heterocycles. The van der Waals surface area contributed by atoms with Crippen LogP contribution < -0.4 is 5.32 Å². The Morgan fingerprint density at radius 2 is 1.94 bits per heavy atom. The quantitative estimate of drug-likeness (QED) is 0.878. The number of benzene rings is 2. The zero-order valence-corrected chi connectivity index (χ0v) is 11.0. The maximum absolute atomic E-state index is 10.1. The summed E-state index contributed by atoms with van der Waals surface area (Å²) >= 11 is 5.90. The van der Waals surface area contributed by atoms with E-state index >= 15 is 0 Å². The number of hydrogen-bond donors (Lipinski definition) is 2. The van der Waals surface area contributed by atoms with Gasteiger partial charge in [0.15, 0.2) is 0 Å². The molecule has 0 heterocycles. The Morgan fingerprint density at radius 3 is 2.67 bits per heavy atom. The van der Waals surface area contributed by atoms with Crippen molar-refractivity contribution in [3.8, 4) is 0 Å². The highest BCUT2D eigenvalue weighted by molar-refractivity contribution is 6.30. The van der Waals surface area contributed by atoms with Gasteiger partial charge in [0.25, 0.3) is 0 Å². The summed E-state index contributed by atoms with van der Waals surface area (Å²) in [5.41, 5.74) is 2.96. The second kappa shape index (κ2) is 5.89.